The Balaban J connectivity index is 2.20. The summed E-state index contributed by atoms with van der Waals surface area (Å²) in [6.07, 6.45) is 1.48. The molecular formula is C14H16ClN5. The number of benzene rings is 1. The second kappa shape index (κ2) is 5.61. The Bertz CT molecular complexity index is 648. The molecule has 0 bridgehead atoms. The Kier molecular flexibility index (Phi) is 4.07. The molecule has 0 amide bonds. The smallest absolute Gasteiger partial charge is 0.252 e. The van der Waals surface area contributed by atoms with Crippen LogP contribution in [0, 0.1) is 11.3 Å². The molecule has 5 nitrogen and oxygen atoms in total. The van der Waals surface area contributed by atoms with Crippen LogP contribution < -0.4 is 5.32 Å². The van der Waals surface area contributed by atoms with Crippen molar-refractivity contribution in [1.82, 2.24) is 20.1 Å². The molecule has 0 aliphatic heterocycles. The molecule has 0 aliphatic rings. The summed E-state index contributed by atoms with van der Waals surface area (Å²) >= 11 is 6.27. The number of nitrogens with one attached hydrogen (secondary N) is 1. The summed E-state index contributed by atoms with van der Waals surface area (Å²) in [5.41, 5.74) is 1.85. The van der Waals surface area contributed by atoms with Crippen molar-refractivity contribution in [2.75, 3.05) is 0 Å². The summed E-state index contributed by atoms with van der Waals surface area (Å²) in [5, 5.41) is 16.7. The number of aromatic nitrogens is 3. The molecule has 2 rings (SSSR count). The summed E-state index contributed by atoms with van der Waals surface area (Å²) in [5.74, 6) is 0.125. The van der Waals surface area contributed by atoms with Crippen LogP contribution >= 0.6 is 11.6 Å². The number of halogens is 1. The molecule has 0 aliphatic carbocycles. The van der Waals surface area contributed by atoms with Crippen molar-refractivity contribution >= 4 is 11.6 Å². The molecule has 0 unspecified atom stereocenters. The lowest BCUT2D eigenvalue weighted by molar-refractivity contribution is 0.424. The quantitative estimate of drug-likeness (QED) is 0.943. The van der Waals surface area contributed by atoms with Gasteiger partial charge in [0.05, 0.1) is 10.7 Å². The molecule has 1 aromatic heterocycles. The molecule has 0 saturated carbocycles. The third-order valence-electron chi connectivity index (χ3n) is 2.67. The van der Waals surface area contributed by atoms with Crippen LogP contribution in [-0.2, 0) is 6.54 Å². The van der Waals surface area contributed by atoms with Crippen molar-refractivity contribution in [3.05, 3.63) is 40.9 Å². The van der Waals surface area contributed by atoms with E-state index >= 15 is 0 Å². The van der Waals surface area contributed by atoms with Gasteiger partial charge in [-0.2, -0.15) is 5.26 Å². The van der Waals surface area contributed by atoms with Gasteiger partial charge in [-0.15, -0.1) is 5.10 Å². The molecule has 1 aromatic carbocycles. The van der Waals surface area contributed by atoms with E-state index in [0.29, 0.717) is 10.7 Å². The van der Waals surface area contributed by atoms with E-state index in [0.717, 1.165) is 12.1 Å². The number of hydrogen-bond donors (Lipinski definition) is 1. The van der Waals surface area contributed by atoms with Gasteiger partial charge in [0.25, 0.3) is 5.82 Å². The minimum atomic E-state index is 0.0543. The fourth-order valence-corrected chi connectivity index (χ4v) is 1.93. The molecule has 1 N–H and O–H groups in total. The molecule has 2 aromatic rings. The molecule has 104 valence electrons. The van der Waals surface area contributed by atoms with Crippen molar-refractivity contribution in [1.29, 1.82) is 5.26 Å². The molecule has 0 saturated heterocycles. The van der Waals surface area contributed by atoms with Crippen molar-refractivity contribution in [2.24, 2.45) is 0 Å². The first kappa shape index (κ1) is 14.5. The highest BCUT2D eigenvalue weighted by Gasteiger charge is 2.10. The van der Waals surface area contributed by atoms with Gasteiger partial charge in [0.15, 0.2) is 0 Å². The lowest BCUT2D eigenvalue weighted by Crippen LogP contribution is -2.35. The first-order chi connectivity index (χ1) is 9.39. The fourth-order valence-electron chi connectivity index (χ4n) is 1.64. The summed E-state index contributed by atoms with van der Waals surface area (Å²) in [6.45, 7) is 7.08. The predicted octanol–water partition coefficient (Wildman–Crippen LogP) is 2.68. The van der Waals surface area contributed by atoms with Gasteiger partial charge in [0.1, 0.15) is 12.4 Å². The Labute approximate surface area is 123 Å². The lowest BCUT2D eigenvalue weighted by atomic mass is 10.1. The Morgan fingerprint density at radius 3 is 2.70 bits per heavy atom. The molecule has 6 heteroatoms. The van der Waals surface area contributed by atoms with Gasteiger partial charge in [0, 0.05) is 12.1 Å². The number of rotatable bonds is 3. The molecule has 1 heterocycles. The maximum Gasteiger partial charge on any atom is 0.252 e. The molecule has 0 spiro atoms. The first-order valence-electron chi connectivity index (χ1n) is 6.24. The van der Waals surface area contributed by atoms with E-state index in [1.807, 2.05) is 24.3 Å². The average Bonchev–Trinajstić information content (AvgIpc) is 2.84. The van der Waals surface area contributed by atoms with Gasteiger partial charge in [-0.3, -0.25) is 0 Å². The molecule has 0 radical (unpaired) electrons. The fraction of sp³-hybridized carbons (Fsp3) is 0.357. The molecule has 0 atom stereocenters. The van der Waals surface area contributed by atoms with Crippen LogP contribution in [0.3, 0.4) is 0 Å². The second-order valence-corrected chi connectivity index (χ2v) is 5.92. The van der Waals surface area contributed by atoms with Crippen LogP contribution in [-0.4, -0.2) is 20.3 Å². The zero-order chi connectivity index (χ0) is 14.8. The minimum absolute atomic E-state index is 0.0543. The van der Waals surface area contributed by atoms with Gasteiger partial charge >= 0.3 is 0 Å². The largest absolute Gasteiger partial charge is 0.308 e. The van der Waals surface area contributed by atoms with E-state index in [-0.39, 0.29) is 11.4 Å². The minimum Gasteiger partial charge on any atom is -0.308 e. The van der Waals surface area contributed by atoms with E-state index in [9.17, 15) is 0 Å². The van der Waals surface area contributed by atoms with E-state index < -0.39 is 0 Å². The highest BCUT2D eigenvalue weighted by molar-refractivity contribution is 6.32. The third-order valence-corrected chi connectivity index (χ3v) is 2.98. The maximum absolute atomic E-state index is 8.73. The van der Waals surface area contributed by atoms with Crippen LogP contribution in [0.25, 0.3) is 5.69 Å². The summed E-state index contributed by atoms with van der Waals surface area (Å²) in [4.78, 5) is 3.86. The van der Waals surface area contributed by atoms with E-state index in [1.165, 1.54) is 11.0 Å². The van der Waals surface area contributed by atoms with E-state index in [1.54, 1.807) is 0 Å². The van der Waals surface area contributed by atoms with Crippen LogP contribution in [0.4, 0.5) is 0 Å². The van der Waals surface area contributed by atoms with Crippen LogP contribution in [0.2, 0.25) is 5.02 Å². The summed E-state index contributed by atoms with van der Waals surface area (Å²) in [7, 11) is 0. The summed E-state index contributed by atoms with van der Waals surface area (Å²) in [6, 6.07) is 7.63. The van der Waals surface area contributed by atoms with E-state index in [4.69, 9.17) is 16.9 Å². The van der Waals surface area contributed by atoms with Gasteiger partial charge in [-0.05, 0) is 38.5 Å². The topological polar surface area (TPSA) is 66.5 Å². The number of hydrogen-bond acceptors (Lipinski definition) is 4. The zero-order valence-electron chi connectivity index (χ0n) is 11.7. The number of nitriles is 1. The summed E-state index contributed by atoms with van der Waals surface area (Å²) < 4.78 is 1.50. The zero-order valence-corrected chi connectivity index (χ0v) is 12.4. The SMILES string of the molecule is CC(C)(C)NCc1ccc(-n2cnc(C#N)n2)c(Cl)c1. The van der Waals surface area contributed by atoms with Gasteiger partial charge < -0.3 is 5.32 Å². The predicted molar refractivity (Wildman–Crippen MR) is 77.7 cm³/mol. The standard InChI is InChI=1S/C14H16ClN5/c1-14(2,3)18-8-10-4-5-12(11(15)6-10)20-9-17-13(7-16)19-20/h4-6,9,18H,8H2,1-3H3. The van der Waals surface area contributed by atoms with E-state index in [2.05, 4.69) is 36.2 Å². The highest BCUT2D eigenvalue weighted by Crippen LogP contribution is 2.21. The van der Waals surface area contributed by atoms with Crippen molar-refractivity contribution < 1.29 is 0 Å². The van der Waals surface area contributed by atoms with Crippen molar-refractivity contribution in [2.45, 2.75) is 32.9 Å². The molecule has 0 fully saturated rings. The monoisotopic (exact) mass is 289 g/mol. The van der Waals surface area contributed by atoms with Gasteiger partial charge in [0.2, 0.25) is 0 Å². The number of nitrogens with zero attached hydrogens (tertiary/aromatic N) is 4. The second-order valence-electron chi connectivity index (χ2n) is 5.51. The normalized spacial score (nSPS) is 11.3. The first-order valence-corrected chi connectivity index (χ1v) is 6.62. The van der Waals surface area contributed by atoms with Crippen molar-refractivity contribution in [3.63, 3.8) is 0 Å². The van der Waals surface area contributed by atoms with Gasteiger partial charge in [-0.1, -0.05) is 17.7 Å². The third kappa shape index (κ3) is 3.56. The Morgan fingerprint density at radius 1 is 1.40 bits per heavy atom. The average molecular weight is 290 g/mol. The highest BCUT2D eigenvalue weighted by atomic mass is 35.5. The van der Waals surface area contributed by atoms with Crippen LogP contribution in [0.15, 0.2) is 24.5 Å². The van der Waals surface area contributed by atoms with Crippen molar-refractivity contribution in [3.8, 4) is 11.8 Å². The maximum atomic E-state index is 8.73. The Morgan fingerprint density at radius 2 is 2.15 bits per heavy atom. The molecular weight excluding hydrogens is 274 g/mol. The Hall–Kier alpha value is -1.90. The van der Waals surface area contributed by atoms with Crippen LogP contribution in [0.1, 0.15) is 32.2 Å². The van der Waals surface area contributed by atoms with Gasteiger partial charge in [-0.25, -0.2) is 9.67 Å². The lowest BCUT2D eigenvalue weighted by Gasteiger charge is -2.20. The molecule has 20 heavy (non-hydrogen) atoms. The van der Waals surface area contributed by atoms with Crippen LogP contribution in [0.5, 0.6) is 0 Å².